The Hall–Kier alpha value is -0.830. The van der Waals surface area contributed by atoms with Crippen LogP contribution in [-0.4, -0.2) is 12.3 Å². The van der Waals surface area contributed by atoms with Crippen molar-refractivity contribution >= 4 is 27.9 Å². The molecule has 0 aromatic heterocycles. The molecule has 0 saturated heterocycles. The molecule has 0 aliphatic rings. The lowest BCUT2D eigenvalue weighted by Gasteiger charge is -2.13. The van der Waals surface area contributed by atoms with Crippen LogP contribution in [0, 0.1) is 0 Å². The van der Waals surface area contributed by atoms with E-state index in [0.717, 1.165) is 22.9 Å². The third-order valence-electron chi connectivity index (χ3n) is 1.97. The molecule has 0 aliphatic heterocycles. The highest BCUT2D eigenvalue weighted by atomic mass is 79.9. The second kappa shape index (κ2) is 5.81. The molecule has 1 unspecified atom stereocenters. The van der Waals surface area contributed by atoms with Gasteiger partial charge >= 0.3 is 0 Å². The molecule has 0 radical (unpaired) electrons. The maximum Gasteiger partial charge on any atom is 0.120 e. The number of hydrogen-bond acceptors (Lipinski definition) is 2. The third kappa shape index (κ3) is 3.92. The Morgan fingerprint density at radius 1 is 1.43 bits per heavy atom. The molecule has 1 aromatic rings. The van der Waals surface area contributed by atoms with E-state index in [-0.39, 0.29) is 0 Å². The highest BCUT2D eigenvalue weighted by Crippen LogP contribution is 2.15. The van der Waals surface area contributed by atoms with E-state index in [1.807, 2.05) is 24.3 Å². The van der Waals surface area contributed by atoms with Crippen LogP contribution in [0.15, 0.2) is 28.7 Å². The molecular formula is C11H14BrNO. The van der Waals surface area contributed by atoms with Crippen molar-refractivity contribution in [3.63, 3.8) is 0 Å². The fourth-order valence-electron chi connectivity index (χ4n) is 1.22. The van der Waals surface area contributed by atoms with Crippen LogP contribution >= 0.6 is 15.9 Å². The van der Waals surface area contributed by atoms with Gasteiger partial charge in [-0.15, -0.1) is 0 Å². The molecule has 2 nitrogen and oxygen atoms in total. The maximum absolute atomic E-state index is 10.2. The second-order valence-corrected chi connectivity index (χ2v) is 4.21. The van der Waals surface area contributed by atoms with Crippen LogP contribution in [0.1, 0.15) is 19.8 Å². The van der Waals surface area contributed by atoms with Crippen molar-refractivity contribution in [2.45, 2.75) is 25.8 Å². The van der Waals surface area contributed by atoms with Gasteiger partial charge in [0, 0.05) is 22.6 Å². The minimum Gasteiger partial charge on any atom is -0.383 e. The number of carbonyl (C=O) groups is 1. The maximum atomic E-state index is 10.2. The van der Waals surface area contributed by atoms with Crippen molar-refractivity contribution in [3.8, 4) is 0 Å². The monoisotopic (exact) mass is 255 g/mol. The Balaban J connectivity index is 2.43. The van der Waals surface area contributed by atoms with Gasteiger partial charge in [-0.25, -0.2) is 0 Å². The summed E-state index contributed by atoms with van der Waals surface area (Å²) in [7, 11) is 0. The molecule has 1 atom stereocenters. The average molecular weight is 256 g/mol. The average Bonchev–Trinajstić information content (AvgIpc) is 2.18. The Labute approximate surface area is 92.8 Å². The zero-order valence-corrected chi connectivity index (χ0v) is 9.75. The molecule has 1 rings (SSSR count). The Kier molecular flexibility index (Phi) is 4.66. The summed E-state index contributed by atoms with van der Waals surface area (Å²) < 4.78 is 1.07. The minimum absolute atomic E-state index is 0.335. The van der Waals surface area contributed by atoms with Crippen molar-refractivity contribution in [2.24, 2.45) is 0 Å². The van der Waals surface area contributed by atoms with Gasteiger partial charge in [-0.3, -0.25) is 0 Å². The second-order valence-electron chi connectivity index (χ2n) is 3.30. The van der Waals surface area contributed by atoms with Gasteiger partial charge in [0.25, 0.3) is 0 Å². The molecule has 0 bridgehead atoms. The predicted molar refractivity (Wildman–Crippen MR) is 62.5 cm³/mol. The number of hydrogen-bond donors (Lipinski definition) is 1. The first-order valence-corrected chi connectivity index (χ1v) is 5.47. The lowest BCUT2D eigenvalue weighted by molar-refractivity contribution is -0.107. The van der Waals surface area contributed by atoms with E-state index in [1.54, 1.807) is 0 Å². The minimum atomic E-state index is 0.335. The largest absolute Gasteiger partial charge is 0.383 e. The molecule has 14 heavy (non-hydrogen) atoms. The van der Waals surface area contributed by atoms with Crippen molar-refractivity contribution in [1.29, 1.82) is 0 Å². The van der Waals surface area contributed by atoms with Crippen LogP contribution in [0.5, 0.6) is 0 Å². The number of nitrogens with one attached hydrogen (secondary N) is 1. The van der Waals surface area contributed by atoms with Crippen molar-refractivity contribution in [1.82, 2.24) is 0 Å². The number of anilines is 1. The summed E-state index contributed by atoms with van der Waals surface area (Å²) in [5, 5.41) is 3.32. The highest BCUT2D eigenvalue weighted by molar-refractivity contribution is 9.10. The van der Waals surface area contributed by atoms with Gasteiger partial charge in [-0.2, -0.15) is 0 Å². The van der Waals surface area contributed by atoms with E-state index >= 15 is 0 Å². The molecule has 3 heteroatoms. The van der Waals surface area contributed by atoms with Crippen LogP contribution in [0.25, 0.3) is 0 Å². The first kappa shape index (κ1) is 11.2. The fourth-order valence-corrected chi connectivity index (χ4v) is 1.49. The summed E-state index contributed by atoms with van der Waals surface area (Å²) in [5.74, 6) is 0. The lowest BCUT2D eigenvalue weighted by Crippen LogP contribution is -2.14. The van der Waals surface area contributed by atoms with Crippen molar-refractivity contribution in [2.75, 3.05) is 5.32 Å². The standard InChI is InChI=1S/C11H14BrNO/c1-9(3-2-8-14)13-11-6-4-10(12)5-7-11/h4-9,13H,2-3H2,1H3. The topological polar surface area (TPSA) is 29.1 Å². The quantitative estimate of drug-likeness (QED) is 0.819. The summed E-state index contributed by atoms with van der Waals surface area (Å²) in [5.41, 5.74) is 1.09. The smallest absolute Gasteiger partial charge is 0.120 e. The number of rotatable bonds is 5. The van der Waals surface area contributed by atoms with Gasteiger partial charge in [-0.05, 0) is 37.6 Å². The SMILES string of the molecule is CC(CCC=O)Nc1ccc(Br)cc1. The van der Waals surface area contributed by atoms with Crippen LogP contribution < -0.4 is 5.32 Å². The summed E-state index contributed by atoms with van der Waals surface area (Å²) in [6, 6.07) is 8.35. The number of halogens is 1. The van der Waals surface area contributed by atoms with Crippen LogP contribution in [0.2, 0.25) is 0 Å². The van der Waals surface area contributed by atoms with Gasteiger partial charge in [0.15, 0.2) is 0 Å². The molecule has 76 valence electrons. The molecule has 0 spiro atoms. The van der Waals surface area contributed by atoms with Crippen molar-refractivity contribution < 1.29 is 4.79 Å². The molecule has 0 aliphatic carbocycles. The summed E-state index contributed by atoms with van der Waals surface area (Å²) in [6.07, 6.45) is 2.45. The van der Waals surface area contributed by atoms with Gasteiger partial charge in [0.1, 0.15) is 6.29 Å². The van der Waals surface area contributed by atoms with Gasteiger partial charge in [0.05, 0.1) is 0 Å². The van der Waals surface area contributed by atoms with Crippen LogP contribution in [-0.2, 0) is 4.79 Å². The van der Waals surface area contributed by atoms with E-state index in [1.165, 1.54) is 0 Å². The summed E-state index contributed by atoms with van der Waals surface area (Å²) in [4.78, 5) is 10.2. The van der Waals surface area contributed by atoms with E-state index < -0.39 is 0 Å². The molecule has 0 amide bonds. The third-order valence-corrected chi connectivity index (χ3v) is 2.50. The number of aldehydes is 1. The lowest BCUT2D eigenvalue weighted by atomic mass is 10.2. The molecule has 1 aromatic carbocycles. The summed E-state index contributed by atoms with van der Waals surface area (Å²) in [6.45, 7) is 2.07. The normalized spacial score (nSPS) is 12.1. The number of benzene rings is 1. The number of carbonyl (C=O) groups excluding carboxylic acids is 1. The molecule has 0 saturated carbocycles. The molecule has 0 fully saturated rings. The predicted octanol–water partition coefficient (Wildman–Crippen LogP) is 3.23. The van der Waals surface area contributed by atoms with Crippen molar-refractivity contribution in [3.05, 3.63) is 28.7 Å². The van der Waals surface area contributed by atoms with Crippen LogP contribution in [0.4, 0.5) is 5.69 Å². The Morgan fingerprint density at radius 3 is 2.64 bits per heavy atom. The zero-order chi connectivity index (χ0) is 10.4. The highest BCUT2D eigenvalue weighted by Gasteiger charge is 2.00. The van der Waals surface area contributed by atoms with Crippen LogP contribution in [0.3, 0.4) is 0 Å². The van der Waals surface area contributed by atoms with E-state index in [4.69, 9.17) is 0 Å². The van der Waals surface area contributed by atoms with E-state index in [2.05, 4.69) is 28.2 Å². The summed E-state index contributed by atoms with van der Waals surface area (Å²) >= 11 is 3.38. The van der Waals surface area contributed by atoms with E-state index in [9.17, 15) is 4.79 Å². The van der Waals surface area contributed by atoms with Gasteiger partial charge in [-0.1, -0.05) is 15.9 Å². The molecular weight excluding hydrogens is 242 g/mol. The Morgan fingerprint density at radius 2 is 2.07 bits per heavy atom. The molecule has 1 N–H and O–H groups in total. The van der Waals surface area contributed by atoms with Gasteiger partial charge in [0.2, 0.25) is 0 Å². The Bertz CT molecular complexity index is 284. The first-order chi connectivity index (χ1) is 6.72. The van der Waals surface area contributed by atoms with Gasteiger partial charge < -0.3 is 10.1 Å². The zero-order valence-electron chi connectivity index (χ0n) is 8.16. The first-order valence-electron chi connectivity index (χ1n) is 4.68. The van der Waals surface area contributed by atoms with E-state index in [0.29, 0.717) is 12.5 Å². The fraction of sp³-hybridized carbons (Fsp3) is 0.364. The molecule has 0 heterocycles.